The molecule has 2 aromatic rings. The van der Waals surface area contributed by atoms with Crippen LogP contribution in [0.3, 0.4) is 0 Å². The number of aliphatic hydroxyl groups is 1. The first-order chi connectivity index (χ1) is 7.18. The van der Waals surface area contributed by atoms with Crippen LogP contribution >= 0.6 is 0 Å². The predicted molar refractivity (Wildman–Crippen MR) is 55.9 cm³/mol. The fourth-order valence-electron chi connectivity index (χ4n) is 1.32. The Morgan fingerprint density at radius 2 is 2.00 bits per heavy atom. The third kappa shape index (κ3) is 1.82. The van der Waals surface area contributed by atoms with E-state index in [1.807, 2.05) is 30.3 Å². The van der Waals surface area contributed by atoms with Gasteiger partial charge in [0.25, 0.3) is 0 Å². The number of aryl methyl sites for hydroxylation is 1. The van der Waals surface area contributed by atoms with Crippen molar-refractivity contribution in [3.63, 3.8) is 0 Å². The Kier molecular flexibility index (Phi) is 2.39. The highest BCUT2D eigenvalue weighted by Gasteiger charge is 2.15. The summed E-state index contributed by atoms with van der Waals surface area (Å²) < 4.78 is 1.43. The molecule has 0 bridgehead atoms. The number of nitrogen functional groups attached to an aromatic ring is 1. The molecule has 0 aliphatic heterocycles. The van der Waals surface area contributed by atoms with Crippen molar-refractivity contribution in [2.24, 2.45) is 7.05 Å². The standard InChI is InChI=1S/C10H12N4O/c1-14-10(11)12-9(13-14)8(15)7-5-3-2-4-6-7/h2-6,8,15H,1H3,(H2,11,12,13). The lowest BCUT2D eigenvalue weighted by Gasteiger charge is -2.05. The summed E-state index contributed by atoms with van der Waals surface area (Å²) in [5.41, 5.74) is 6.29. The van der Waals surface area contributed by atoms with Crippen LogP contribution in [0.15, 0.2) is 30.3 Å². The molecule has 5 heteroatoms. The molecule has 1 aromatic carbocycles. The van der Waals surface area contributed by atoms with Crippen molar-refractivity contribution in [2.75, 3.05) is 5.73 Å². The maximum Gasteiger partial charge on any atom is 0.218 e. The maximum absolute atomic E-state index is 9.94. The average Bonchev–Trinajstić information content (AvgIpc) is 2.59. The smallest absolute Gasteiger partial charge is 0.218 e. The van der Waals surface area contributed by atoms with Gasteiger partial charge in [-0.05, 0) is 5.56 Å². The molecule has 0 saturated carbocycles. The second kappa shape index (κ2) is 3.70. The van der Waals surface area contributed by atoms with Gasteiger partial charge in [0, 0.05) is 7.05 Å². The lowest BCUT2D eigenvalue weighted by Crippen LogP contribution is -2.02. The number of rotatable bonds is 2. The van der Waals surface area contributed by atoms with Crippen molar-refractivity contribution in [3.05, 3.63) is 41.7 Å². The average molecular weight is 204 g/mol. The van der Waals surface area contributed by atoms with E-state index in [1.54, 1.807) is 7.05 Å². The van der Waals surface area contributed by atoms with Gasteiger partial charge in [-0.15, -0.1) is 0 Å². The summed E-state index contributed by atoms with van der Waals surface area (Å²) in [6.07, 6.45) is -0.824. The van der Waals surface area contributed by atoms with Crippen LogP contribution in [0.2, 0.25) is 0 Å². The number of anilines is 1. The van der Waals surface area contributed by atoms with E-state index in [2.05, 4.69) is 10.1 Å². The highest BCUT2D eigenvalue weighted by atomic mass is 16.3. The van der Waals surface area contributed by atoms with Crippen LogP contribution in [-0.2, 0) is 7.05 Å². The lowest BCUT2D eigenvalue weighted by molar-refractivity contribution is 0.209. The normalized spacial score (nSPS) is 12.7. The summed E-state index contributed by atoms with van der Waals surface area (Å²) in [6.45, 7) is 0. The van der Waals surface area contributed by atoms with Gasteiger partial charge in [-0.1, -0.05) is 30.3 Å². The Bertz CT molecular complexity index is 432. The molecule has 0 fully saturated rings. The van der Waals surface area contributed by atoms with Crippen molar-refractivity contribution < 1.29 is 5.11 Å². The SMILES string of the molecule is Cn1nc(C(O)c2ccccc2)nc1N. The van der Waals surface area contributed by atoms with E-state index in [0.717, 1.165) is 5.56 Å². The summed E-state index contributed by atoms with van der Waals surface area (Å²) in [4.78, 5) is 3.97. The number of aliphatic hydroxyl groups excluding tert-OH is 1. The third-order valence-electron chi connectivity index (χ3n) is 2.17. The quantitative estimate of drug-likeness (QED) is 0.745. The maximum atomic E-state index is 9.94. The molecule has 1 atom stereocenters. The molecule has 3 N–H and O–H groups in total. The second-order valence-electron chi connectivity index (χ2n) is 3.27. The van der Waals surface area contributed by atoms with Gasteiger partial charge in [0.2, 0.25) is 5.95 Å². The summed E-state index contributed by atoms with van der Waals surface area (Å²) in [6, 6.07) is 9.22. The molecule has 0 amide bonds. The number of aromatic nitrogens is 3. The molecule has 1 heterocycles. The van der Waals surface area contributed by atoms with Crippen molar-refractivity contribution in [1.82, 2.24) is 14.8 Å². The molecule has 0 saturated heterocycles. The number of nitrogens with two attached hydrogens (primary N) is 1. The van der Waals surface area contributed by atoms with Crippen LogP contribution in [0.25, 0.3) is 0 Å². The molecular weight excluding hydrogens is 192 g/mol. The highest BCUT2D eigenvalue weighted by Crippen LogP contribution is 2.18. The van der Waals surface area contributed by atoms with Gasteiger partial charge < -0.3 is 10.8 Å². The van der Waals surface area contributed by atoms with E-state index < -0.39 is 6.10 Å². The summed E-state index contributed by atoms with van der Waals surface area (Å²) in [5, 5.41) is 14.0. The number of nitrogens with zero attached hydrogens (tertiary/aromatic N) is 3. The molecule has 15 heavy (non-hydrogen) atoms. The van der Waals surface area contributed by atoms with Gasteiger partial charge >= 0.3 is 0 Å². The molecule has 0 aliphatic carbocycles. The van der Waals surface area contributed by atoms with Crippen molar-refractivity contribution in [3.8, 4) is 0 Å². The Balaban J connectivity index is 2.32. The Hall–Kier alpha value is -1.88. The minimum absolute atomic E-state index is 0.292. The van der Waals surface area contributed by atoms with E-state index in [-0.39, 0.29) is 0 Å². The largest absolute Gasteiger partial charge is 0.380 e. The molecule has 78 valence electrons. The van der Waals surface area contributed by atoms with Crippen LogP contribution in [0.5, 0.6) is 0 Å². The van der Waals surface area contributed by atoms with Gasteiger partial charge in [-0.3, -0.25) is 0 Å². The zero-order chi connectivity index (χ0) is 10.8. The highest BCUT2D eigenvalue weighted by molar-refractivity contribution is 5.25. The zero-order valence-electron chi connectivity index (χ0n) is 8.33. The van der Waals surface area contributed by atoms with Gasteiger partial charge in [0.1, 0.15) is 6.10 Å². The van der Waals surface area contributed by atoms with Crippen molar-refractivity contribution in [1.29, 1.82) is 0 Å². The Morgan fingerprint density at radius 3 is 2.53 bits per heavy atom. The third-order valence-corrected chi connectivity index (χ3v) is 2.17. The number of hydrogen-bond donors (Lipinski definition) is 2. The molecule has 0 radical (unpaired) electrons. The van der Waals surface area contributed by atoms with Crippen LogP contribution in [0, 0.1) is 0 Å². The monoisotopic (exact) mass is 204 g/mol. The van der Waals surface area contributed by atoms with Gasteiger partial charge in [-0.25, -0.2) is 4.68 Å². The first-order valence-corrected chi connectivity index (χ1v) is 4.58. The second-order valence-corrected chi connectivity index (χ2v) is 3.27. The van der Waals surface area contributed by atoms with Crippen LogP contribution < -0.4 is 5.73 Å². The predicted octanol–water partition coefficient (Wildman–Crippen LogP) is 0.479. The van der Waals surface area contributed by atoms with Gasteiger partial charge in [-0.2, -0.15) is 10.1 Å². The van der Waals surface area contributed by atoms with E-state index in [0.29, 0.717) is 11.8 Å². The topological polar surface area (TPSA) is 77.0 Å². The molecule has 1 unspecified atom stereocenters. The van der Waals surface area contributed by atoms with E-state index in [1.165, 1.54) is 4.68 Å². The summed E-state index contributed by atoms with van der Waals surface area (Å²) >= 11 is 0. The number of hydrogen-bond acceptors (Lipinski definition) is 4. The first kappa shape index (κ1) is 9.67. The molecular formula is C10H12N4O. The van der Waals surface area contributed by atoms with E-state index in [4.69, 9.17) is 5.73 Å². The zero-order valence-corrected chi connectivity index (χ0v) is 8.33. The Labute approximate surface area is 87.2 Å². The van der Waals surface area contributed by atoms with Crippen LogP contribution in [-0.4, -0.2) is 19.9 Å². The minimum atomic E-state index is -0.824. The summed E-state index contributed by atoms with van der Waals surface area (Å²) in [7, 11) is 1.68. The fourth-order valence-corrected chi connectivity index (χ4v) is 1.32. The Morgan fingerprint density at radius 1 is 1.33 bits per heavy atom. The fraction of sp³-hybridized carbons (Fsp3) is 0.200. The van der Waals surface area contributed by atoms with Gasteiger partial charge in [0.15, 0.2) is 5.82 Å². The summed E-state index contributed by atoms with van der Waals surface area (Å²) in [5.74, 6) is 0.612. The molecule has 5 nitrogen and oxygen atoms in total. The molecule has 1 aromatic heterocycles. The molecule has 2 rings (SSSR count). The van der Waals surface area contributed by atoms with Crippen LogP contribution in [0.4, 0.5) is 5.95 Å². The van der Waals surface area contributed by atoms with Crippen LogP contribution in [0.1, 0.15) is 17.5 Å². The molecule has 0 aliphatic rings. The first-order valence-electron chi connectivity index (χ1n) is 4.58. The number of benzene rings is 1. The van der Waals surface area contributed by atoms with E-state index in [9.17, 15) is 5.11 Å². The molecule has 0 spiro atoms. The van der Waals surface area contributed by atoms with Gasteiger partial charge in [0.05, 0.1) is 0 Å². The van der Waals surface area contributed by atoms with Crippen molar-refractivity contribution >= 4 is 5.95 Å². The van der Waals surface area contributed by atoms with E-state index >= 15 is 0 Å². The lowest BCUT2D eigenvalue weighted by atomic mass is 10.1. The minimum Gasteiger partial charge on any atom is -0.380 e. The van der Waals surface area contributed by atoms with Crippen molar-refractivity contribution in [2.45, 2.75) is 6.10 Å².